The SMILES string of the molecule is O=C(NCCn1cc(C(=O)O)nn1)OCC1c2ccccc2-c2ccccc21. The molecule has 0 spiro atoms. The Balaban J connectivity index is 1.33. The van der Waals surface area contributed by atoms with Crippen LogP contribution in [-0.2, 0) is 11.3 Å². The van der Waals surface area contributed by atoms with E-state index in [-0.39, 0.29) is 24.8 Å². The number of rotatable bonds is 6. The Morgan fingerprint density at radius 1 is 1.07 bits per heavy atom. The molecule has 0 aliphatic heterocycles. The lowest BCUT2D eigenvalue weighted by Crippen LogP contribution is -2.29. The molecule has 1 amide bonds. The van der Waals surface area contributed by atoms with E-state index in [1.165, 1.54) is 22.0 Å². The smallest absolute Gasteiger partial charge is 0.407 e. The Kier molecular flexibility index (Phi) is 4.76. The Morgan fingerprint density at radius 2 is 1.71 bits per heavy atom. The fraction of sp³-hybridized carbons (Fsp3) is 0.200. The molecule has 8 heteroatoms. The fourth-order valence-electron chi connectivity index (χ4n) is 3.43. The van der Waals surface area contributed by atoms with Crippen molar-refractivity contribution < 1.29 is 19.4 Å². The maximum absolute atomic E-state index is 12.1. The third kappa shape index (κ3) is 3.44. The van der Waals surface area contributed by atoms with E-state index in [1.54, 1.807) is 0 Å². The Labute approximate surface area is 160 Å². The molecule has 0 bridgehead atoms. The number of carboxylic acids is 1. The van der Waals surface area contributed by atoms with E-state index in [0.717, 1.165) is 11.1 Å². The molecule has 28 heavy (non-hydrogen) atoms. The zero-order valence-corrected chi connectivity index (χ0v) is 14.9. The first-order valence-electron chi connectivity index (χ1n) is 8.86. The van der Waals surface area contributed by atoms with E-state index in [1.807, 2.05) is 24.3 Å². The van der Waals surface area contributed by atoms with Crippen molar-refractivity contribution in [1.82, 2.24) is 20.3 Å². The maximum atomic E-state index is 12.1. The van der Waals surface area contributed by atoms with Gasteiger partial charge in [-0.2, -0.15) is 0 Å². The number of hydrogen-bond donors (Lipinski definition) is 2. The first-order chi connectivity index (χ1) is 13.6. The molecular weight excluding hydrogens is 360 g/mol. The predicted molar refractivity (Wildman–Crippen MR) is 100 cm³/mol. The minimum Gasteiger partial charge on any atom is -0.476 e. The van der Waals surface area contributed by atoms with Crippen LogP contribution in [-0.4, -0.2) is 45.3 Å². The molecule has 0 saturated carbocycles. The second-order valence-electron chi connectivity index (χ2n) is 6.42. The van der Waals surface area contributed by atoms with Crippen LogP contribution in [0.15, 0.2) is 54.7 Å². The van der Waals surface area contributed by atoms with Gasteiger partial charge in [0.25, 0.3) is 0 Å². The summed E-state index contributed by atoms with van der Waals surface area (Å²) in [5, 5.41) is 18.7. The lowest BCUT2D eigenvalue weighted by molar-refractivity contribution is 0.0690. The quantitative estimate of drug-likeness (QED) is 0.683. The average molecular weight is 378 g/mol. The molecule has 0 unspecified atom stereocenters. The van der Waals surface area contributed by atoms with Gasteiger partial charge in [0.05, 0.1) is 12.7 Å². The van der Waals surface area contributed by atoms with Crippen LogP contribution < -0.4 is 5.32 Å². The van der Waals surface area contributed by atoms with Gasteiger partial charge in [0.1, 0.15) is 6.61 Å². The summed E-state index contributed by atoms with van der Waals surface area (Å²) < 4.78 is 6.79. The van der Waals surface area contributed by atoms with E-state index >= 15 is 0 Å². The Bertz CT molecular complexity index is 985. The molecule has 8 nitrogen and oxygen atoms in total. The van der Waals surface area contributed by atoms with Gasteiger partial charge in [-0.25, -0.2) is 14.3 Å². The van der Waals surface area contributed by atoms with Gasteiger partial charge in [0, 0.05) is 12.5 Å². The van der Waals surface area contributed by atoms with E-state index in [4.69, 9.17) is 9.84 Å². The molecule has 0 fully saturated rings. The van der Waals surface area contributed by atoms with E-state index in [0.29, 0.717) is 6.54 Å². The van der Waals surface area contributed by atoms with Crippen LogP contribution in [0, 0.1) is 0 Å². The lowest BCUT2D eigenvalue weighted by atomic mass is 9.98. The van der Waals surface area contributed by atoms with Crippen LogP contribution in [0.3, 0.4) is 0 Å². The molecule has 0 atom stereocenters. The van der Waals surface area contributed by atoms with Gasteiger partial charge in [-0.05, 0) is 22.3 Å². The third-order valence-corrected chi connectivity index (χ3v) is 4.71. The summed E-state index contributed by atoms with van der Waals surface area (Å²) in [7, 11) is 0. The molecule has 142 valence electrons. The van der Waals surface area contributed by atoms with Crippen LogP contribution in [0.1, 0.15) is 27.5 Å². The van der Waals surface area contributed by atoms with E-state index in [2.05, 4.69) is 39.9 Å². The van der Waals surface area contributed by atoms with Crippen LogP contribution in [0.2, 0.25) is 0 Å². The normalized spacial score (nSPS) is 12.3. The van der Waals surface area contributed by atoms with Crippen molar-refractivity contribution >= 4 is 12.1 Å². The molecule has 2 N–H and O–H groups in total. The fourth-order valence-corrected chi connectivity index (χ4v) is 3.43. The summed E-state index contributed by atoms with van der Waals surface area (Å²) in [4.78, 5) is 22.8. The zero-order valence-electron chi connectivity index (χ0n) is 14.9. The van der Waals surface area contributed by atoms with E-state index in [9.17, 15) is 9.59 Å². The molecule has 4 rings (SSSR count). The molecule has 3 aromatic rings. The van der Waals surface area contributed by atoms with Gasteiger partial charge >= 0.3 is 12.1 Å². The highest BCUT2D eigenvalue weighted by molar-refractivity contribution is 5.84. The number of amides is 1. The molecule has 1 aromatic heterocycles. The zero-order chi connectivity index (χ0) is 19.5. The second kappa shape index (κ2) is 7.51. The summed E-state index contributed by atoms with van der Waals surface area (Å²) in [6.07, 6.45) is 0.780. The number of carbonyl (C=O) groups excluding carboxylic acids is 1. The first kappa shape index (κ1) is 17.7. The average Bonchev–Trinajstić information content (AvgIpc) is 3.30. The number of aromatic nitrogens is 3. The largest absolute Gasteiger partial charge is 0.476 e. The van der Waals surface area contributed by atoms with Crippen LogP contribution in [0.25, 0.3) is 11.1 Å². The number of aromatic carboxylic acids is 1. The number of nitrogens with zero attached hydrogens (tertiary/aromatic N) is 3. The highest BCUT2D eigenvalue weighted by Crippen LogP contribution is 2.44. The number of nitrogens with one attached hydrogen (secondary N) is 1. The number of carbonyl (C=O) groups is 2. The summed E-state index contributed by atoms with van der Waals surface area (Å²) in [5.74, 6) is -1.14. The van der Waals surface area contributed by atoms with Gasteiger partial charge < -0.3 is 15.2 Å². The summed E-state index contributed by atoms with van der Waals surface area (Å²) >= 11 is 0. The number of ether oxygens (including phenoxy) is 1. The highest BCUT2D eigenvalue weighted by Gasteiger charge is 2.28. The van der Waals surface area contributed by atoms with Crippen molar-refractivity contribution in [2.45, 2.75) is 12.5 Å². The summed E-state index contributed by atoms with van der Waals surface area (Å²) in [5.41, 5.74) is 4.52. The number of hydrogen-bond acceptors (Lipinski definition) is 5. The minimum absolute atomic E-state index is 0.00610. The number of benzene rings is 2. The van der Waals surface area contributed by atoms with Crippen molar-refractivity contribution in [2.24, 2.45) is 0 Å². The standard InChI is InChI=1S/C20H18N4O4/c25-19(26)18-11-24(23-22-18)10-9-21-20(27)28-12-17-15-7-3-1-5-13(15)14-6-2-4-8-16(14)17/h1-8,11,17H,9-10,12H2,(H,21,27)(H,25,26). The topological polar surface area (TPSA) is 106 Å². The lowest BCUT2D eigenvalue weighted by Gasteiger charge is -2.14. The van der Waals surface area contributed by atoms with Crippen molar-refractivity contribution in [3.8, 4) is 11.1 Å². The molecule has 1 heterocycles. The van der Waals surface area contributed by atoms with Gasteiger partial charge in [-0.3, -0.25) is 0 Å². The number of fused-ring (bicyclic) bond motifs is 3. The molecule has 1 aliphatic carbocycles. The minimum atomic E-state index is -1.14. The van der Waals surface area contributed by atoms with Gasteiger partial charge in [-0.1, -0.05) is 53.7 Å². The third-order valence-electron chi connectivity index (χ3n) is 4.71. The molecular formula is C20H18N4O4. The second-order valence-corrected chi connectivity index (χ2v) is 6.42. The van der Waals surface area contributed by atoms with Crippen molar-refractivity contribution in [1.29, 1.82) is 0 Å². The van der Waals surface area contributed by atoms with Crippen LogP contribution in [0.5, 0.6) is 0 Å². The van der Waals surface area contributed by atoms with Crippen molar-refractivity contribution in [3.05, 3.63) is 71.5 Å². The Hall–Kier alpha value is -3.68. The first-order valence-corrected chi connectivity index (χ1v) is 8.86. The maximum Gasteiger partial charge on any atom is 0.407 e. The van der Waals surface area contributed by atoms with Crippen molar-refractivity contribution in [3.63, 3.8) is 0 Å². The summed E-state index contributed by atoms with van der Waals surface area (Å²) in [6.45, 7) is 0.788. The highest BCUT2D eigenvalue weighted by atomic mass is 16.5. The molecule has 2 aromatic carbocycles. The molecule has 0 radical (unpaired) electrons. The number of alkyl carbamates (subject to hydrolysis) is 1. The summed E-state index contributed by atoms with van der Waals surface area (Å²) in [6, 6.07) is 16.3. The number of carboxylic acid groups (broad SMARTS) is 1. The predicted octanol–water partition coefficient (Wildman–Crippen LogP) is 2.52. The molecule has 0 saturated heterocycles. The Morgan fingerprint density at radius 3 is 2.32 bits per heavy atom. The monoisotopic (exact) mass is 378 g/mol. The van der Waals surface area contributed by atoms with Gasteiger partial charge in [0.15, 0.2) is 5.69 Å². The van der Waals surface area contributed by atoms with Gasteiger partial charge in [0.2, 0.25) is 0 Å². The van der Waals surface area contributed by atoms with Crippen LogP contribution >= 0.6 is 0 Å². The van der Waals surface area contributed by atoms with Crippen molar-refractivity contribution in [2.75, 3.05) is 13.2 Å². The van der Waals surface area contributed by atoms with Gasteiger partial charge in [-0.15, -0.1) is 5.10 Å². The molecule has 1 aliphatic rings. The van der Waals surface area contributed by atoms with Crippen LogP contribution in [0.4, 0.5) is 4.79 Å². The van der Waals surface area contributed by atoms with E-state index < -0.39 is 12.1 Å².